The highest BCUT2D eigenvalue weighted by Crippen LogP contribution is 2.20. The lowest BCUT2D eigenvalue weighted by Gasteiger charge is -2.04. The van der Waals surface area contributed by atoms with E-state index in [1.54, 1.807) is 0 Å². The van der Waals surface area contributed by atoms with Crippen LogP contribution in [0, 0.1) is 19.8 Å². The van der Waals surface area contributed by atoms with Crippen LogP contribution in [0.3, 0.4) is 0 Å². The van der Waals surface area contributed by atoms with E-state index in [0.29, 0.717) is 5.92 Å². The highest BCUT2D eigenvalue weighted by Gasteiger charge is 2.00. The topological polar surface area (TPSA) is 25.2 Å². The molecule has 0 aliphatic heterocycles. The van der Waals surface area contributed by atoms with Crippen LogP contribution in [0.15, 0.2) is 17.3 Å². The molecule has 0 aliphatic carbocycles. The van der Waals surface area contributed by atoms with Gasteiger partial charge in [0.05, 0.1) is 11.4 Å². The van der Waals surface area contributed by atoms with E-state index in [2.05, 4.69) is 30.7 Å². The van der Waals surface area contributed by atoms with Crippen molar-refractivity contribution in [1.82, 2.24) is 4.98 Å². The lowest BCUT2D eigenvalue weighted by Crippen LogP contribution is -1.93. The zero-order chi connectivity index (χ0) is 10.6. The monoisotopic (exact) mass is 190 g/mol. The second-order valence-electron chi connectivity index (χ2n) is 3.73. The fourth-order valence-corrected chi connectivity index (χ4v) is 1.19. The van der Waals surface area contributed by atoms with E-state index >= 15 is 0 Å². The molecule has 0 aromatic carbocycles. The van der Waals surface area contributed by atoms with Crippen molar-refractivity contribution in [1.29, 1.82) is 0 Å². The molecule has 0 aliphatic rings. The number of hydrogen-bond acceptors (Lipinski definition) is 2. The summed E-state index contributed by atoms with van der Waals surface area (Å²) in [4.78, 5) is 8.72. The Balaban J connectivity index is 2.91. The van der Waals surface area contributed by atoms with E-state index < -0.39 is 0 Å². The van der Waals surface area contributed by atoms with Crippen molar-refractivity contribution < 1.29 is 0 Å². The van der Waals surface area contributed by atoms with E-state index in [1.807, 2.05) is 25.4 Å². The van der Waals surface area contributed by atoms with Crippen LogP contribution in [-0.4, -0.2) is 11.2 Å². The summed E-state index contributed by atoms with van der Waals surface area (Å²) in [6, 6.07) is 2.00. The first-order chi connectivity index (χ1) is 6.65. The summed E-state index contributed by atoms with van der Waals surface area (Å²) < 4.78 is 0. The second-order valence-corrected chi connectivity index (χ2v) is 3.73. The maximum Gasteiger partial charge on any atom is 0.0867 e. The van der Waals surface area contributed by atoms with Crippen LogP contribution in [0.4, 0.5) is 5.69 Å². The van der Waals surface area contributed by atoms with Crippen molar-refractivity contribution in [3.63, 3.8) is 0 Å². The largest absolute Gasteiger partial charge is 0.259 e. The van der Waals surface area contributed by atoms with Crippen molar-refractivity contribution in [2.75, 3.05) is 0 Å². The summed E-state index contributed by atoms with van der Waals surface area (Å²) in [5.74, 6) is 0.536. The van der Waals surface area contributed by atoms with Crippen molar-refractivity contribution in [2.24, 2.45) is 10.9 Å². The smallest absolute Gasteiger partial charge is 0.0867 e. The molecule has 0 saturated carbocycles. The van der Waals surface area contributed by atoms with Crippen LogP contribution < -0.4 is 0 Å². The zero-order valence-electron chi connectivity index (χ0n) is 9.41. The Morgan fingerprint density at radius 3 is 2.79 bits per heavy atom. The first-order valence-electron chi connectivity index (χ1n) is 5.11. The van der Waals surface area contributed by atoms with Crippen LogP contribution >= 0.6 is 0 Å². The third-order valence-corrected chi connectivity index (χ3v) is 2.41. The Hall–Kier alpha value is -1.18. The SMILES string of the molecule is CCC(C)C=Nc1c(C)ccnc1C. The summed E-state index contributed by atoms with van der Waals surface area (Å²) >= 11 is 0. The van der Waals surface area contributed by atoms with Gasteiger partial charge in [0, 0.05) is 12.4 Å². The van der Waals surface area contributed by atoms with Gasteiger partial charge in [0.1, 0.15) is 0 Å². The third kappa shape index (κ3) is 2.66. The Labute approximate surface area is 86.1 Å². The number of nitrogens with zero attached hydrogens (tertiary/aromatic N) is 2. The van der Waals surface area contributed by atoms with Gasteiger partial charge in [0.2, 0.25) is 0 Å². The second kappa shape index (κ2) is 4.89. The molecule has 1 heterocycles. The Kier molecular flexibility index (Phi) is 3.81. The van der Waals surface area contributed by atoms with Gasteiger partial charge in [-0.2, -0.15) is 0 Å². The summed E-state index contributed by atoms with van der Waals surface area (Å²) in [5, 5.41) is 0. The first kappa shape index (κ1) is 10.9. The van der Waals surface area contributed by atoms with Crippen molar-refractivity contribution in [3.05, 3.63) is 23.5 Å². The quantitative estimate of drug-likeness (QED) is 0.670. The lowest BCUT2D eigenvalue weighted by atomic mass is 10.1. The Bertz CT molecular complexity index is 309. The molecule has 1 atom stereocenters. The number of aryl methyl sites for hydroxylation is 2. The maximum atomic E-state index is 4.49. The molecule has 1 aromatic heterocycles. The van der Waals surface area contributed by atoms with Crippen LogP contribution in [0.5, 0.6) is 0 Å². The van der Waals surface area contributed by atoms with Crippen molar-refractivity contribution in [2.45, 2.75) is 34.1 Å². The molecule has 0 bridgehead atoms. The van der Waals surface area contributed by atoms with Gasteiger partial charge in [0.15, 0.2) is 0 Å². The van der Waals surface area contributed by atoms with Gasteiger partial charge in [-0.25, -0.2) is 0 Å². The molecule has 1 unspecified atom stereocenters. The maximum absolute atomic E-state index is 4.49. The average Bonchev–Trinajstić information content (AvgIpc) is 2.16. The lowest BCUT2D eigenvalue weighted by molar-refractivity contribution is 0.754. The number of aliphatic imine (C=N–C) groups is 1. The van der Waals surface area contributed by atoms with Gasteiger partial charge < -0.3 is 0 Å². The van der Waals surface area contributed by atoms with Gasteiger partial charge >= 0.3 is 0 Å². The molecular formula is C12H18N2. The van der Waals surface area contributed by atoms with E-state index in [9.17, 15) is 0 Å². The molecule has 0 amide bonds. The van der Waals surface area contributed by atoms with Gasteiger partial charge in [-0.1, -0.05) is 13.8 Å². The molecule has 2 heteroatoms. The average molecular weight is 190 g/mol. The van der Waals surface area contributed by atoms with E-state index in [1.165, 1.54) is 5.56 Å². The molecule has 14 heavy (non-hydrogen) atoms. The molecule has 0 N–H and O–H groups in total. The van der Waals surface area contributed by atoms with Crippen LogP contribution in [-0.2, 0) is 0 Å². The number of rotatable bonds is 3. The highest BCUT2D eigenvalue weighted by molar-refractivity contribution is 5.67. The number of hydrogen-bond donors (Lipinski definition) is 0. The predicted molar refractivity (Wildman–Crippen MR) is 61.3 cm³/mol. The van der Waals surface area contributed by atoms with Gasteiger partial charge in [-0.3, -0.25) is 9.98 Å². The summed E-state index contributed by atoms with van der Waals surface area (Å²) in [6.07, 6.45) is 4.96. The van der Waals surface area contributed by atoms with Gasteiger partial charge in [-0.05, 0) is 37.8 Å². The minimum atomic E-state index is 0.536. The Morgan fingerprint density at radius 1 is 1.50 bits per heavy atom. The standard InChI is InChI=1S/C12H18N2/c1-5-9(2)8-14-12-10(3)6-7-13-11(12)4/h6-9H,5H2,1-4H3. The number of aromatic nitrogens is 1. The molecule has 76 valence electrons. The predicted octanol–water partition coefficient (Wildman–Crippen LogP) is 3.45. The van der Waals surface area contributed by atoms with Gasteiger partial charge in [-0.15, -0.1) is 0 Å². The fraction of sp³-hybridized carbons (Fsp3) is 0.500. The highest BCUT2D eigenvalue weighted by atomic mass is 14.8. The van der Waals surface area contributed by atoms with Crippen molar-refractivity contribution in [3.8, 4) is 0 Å². The molecule has 0 fully saturated rings. The van der Waals surface area contributed by atoms with E-state index in [4.69, 9.17) is 0 Å². The summed E-state index contributed by atoms with van der Waals surface area (Å²) in [6.45, 7) is 8.40. The molecule has 2 nitrogen and oxygen atoms in total. The minimum absolute atomic E-state index is 0.536. The Morgan fingerprint density at radius 2 is 2.21 bits per heavy atom. The summed E-state index contributed by atoms with van der Waals surface area (Å²) in [7, 11) is 0. The van der Waals surface area contributed by atoms with Gasteiger partial charge in [0.25, 0.3) is 0 Å². The van der Waals surface area contributed by atoms with Crippen molar-refractivity contribution >= 4 is 11.9 Å². The van der Waals surface area contributed by atoms with Crippen LogP contribution in [0.25, 0.3) is 0 Å². The fourth-order valence-electron chi connectivity index (χ4n) is 1.19. The first-order valence-corrected chi connectivity index (χ1v) is 5.11. The van der Waals surface area contributed by atoms with Crippen LogP contribution in [0.1, 0.15) is 31.5 Å². The van der Waals surface area contributed by atoms with E-state index in [0.717, 1.165) is 17.8 Å². The minimum Gasteiger partial charge on any atom is -0.259 e. The molecule has 0 saturated heterocycles. The zero-order valence-corrected chi connectivity index (χ0v) is 9.41. The molecule has 0 spiro atoms. The molecule has 0 radical (unpaired) electrons. The normalized spacial score (nSPS) is 13.4. The third-order valence-electron chi connectivity index (χ3n) is 2.41. The molecule has 1 aromatic rings. The van der Waals surface area contributed by atoms with Crippen LogP contribution in [0.2, 0.25) is 0 Å². The number of pyridine rings is 1. The molecule has 1 rings (SSSR count). The van der Waals surface area contributed by atoms with E-state index in [-0.39, 0.29) is 0 Å². The summed E-state index contributed by atoms with van der Waals surface area (Å²) in [5.41, 5.74) is 3.22. The molecular weight excluding hydrogens is 172 g/mol.